The maximum absolute atomic E-state index is 10.2. The van der Waals surface area contributed by atoms with E-state index in [4.69, 9.17) is 11.3 Å². The largest absolute Gasteiger partial charge is 0.397 e. The Hall–Kier alpha value is -1.71. The van der Waals surface area contributed by atoms with Gasteiger partial charge in [-0.15, -0.1) is 0 Å². The van der Waals surface area contributed by atoms with E-state index in [9.17, 15) is 4.79 Å². The van der Waals surface area contributed by atoms with Crippen LogP contribution in [0.2, 0.25) is 0 Å². The van der Waals surface area contributed by atoms with Gasteiger partial charge in [-0.05, 0) is 18.2 Å². The molecule has 0 aliphatic rings. The van der Waals surface area contributed by atoms with E-state index in [2.05, 4.69) is 5.11 Å². The molecule has 3 N–H and O–H groups in total. The van der Waals surface area contributed by atoms with Gasteiger partial charge in [-0.3, -0.25) is 4.79 Å². The highest BCUT2D eigenvalue weighted by molar-refractivity contribution is 5.79. The zero-order valence-corrected chi connectivity index (χ0v) is 7.74. The number of aldehydes is 1. The average molecular weight is 179 g/mol. The quantitative estimate of drug-likeness (QED) is 0.416. The van der Waals surface area contributed by atoms with Crippen molar-refractivity contribution in [1.82, 2.24) is 0 Å². The first-order valence-electron chi connectivity index (χ1n) is 4.00. The van der Waals surface area contributed by atoms with E-state index in [0.717, 1.165) is 0 Å². The lowest BCUT2D eigenvalue weighted by atomic mass is 10.2. The summed E-state index contributed by atoms with van der Waals surface area (Å²) in [7, 11) is 0. The Morgan fingerprint density at radius 3 is 2.46 bits per heavy atom. The van der Waals surface area contributed by atoms with Crippen molar-refractivity contribution in [3.8, 4) is 0 Å². The first-order chi connectivity index (χ1) is 6.27. The zero-order chi connectivity index (χ0) is 10.3. The van der Waals surface area contributed by atoms with Gasteiger partial charge < -0.3 is 5.73 Å². The number of nitrogens with one attached hydrogen (secondary N) is 1. The minimum absolute atomic E-state index is 0.351. The second-order valence-electron chi connectivity index (χ2n) is 2.05. The molecule has 0 heterocycles. The van der Waals surface area contributed by atoms with Crippen LogP contribution in [0.15, 0.2) is 23.3 Å². The predicted molar refractivity (Wildman–Crippen MR) is 52.4 cm³/mol. The zero-order valence-electron chi connectivity index (χ0n) is 7.74. The minimum atomic E-state index is 0.351. The van der Waals surface area contributed by atoms with Crippen molar-refractivity contribution in [2.24, 2.45) is 5.11 Å². The lowest BCUT2D eigenvalue weighted by Crippen LogP contribution is -1.87. The number of nitrogens with zero attached hydrogens (tertiary/aromatic N) is 1. The Morgan fingerprint density at radius 1 is 1.46 bits per heavy atom. The number of nitrogens with two attached hydrogens (primary N) is 1. The van der Waals surface area contributed by atoms with Gasteiger partial charge in [-0.2, -0.15) is 5.11 Å². The summed E-state index contributed by atoms with van der Waals surface area (Å²) in [4.78, 5) is 10.2. The molecular formula is C9H13N3O. The molecule has 70 valence electrons. The van der Waals surface area contributed by atoms with Gasteiger partial charge in [0, 0.05) is 5.56 Å². The standard InChI is InChI=1S/C7H7N3O.C2H6/c8-6-3-5(4-11)1-2-7(6)10-9;1-2/h1-4,9H,8H2;1-2H3. The minimum Gasteiger partial charge on any atom is -0.397 e. The molecule has 0 saturated carbocycles. The van der Waals surface area contributed by atoms with E-state index in [-0.39, 0.29) is 0 Å². The van der Waals surface area contributed by atoms with Crippen LogP contribution in [0, 0.1) is 5.53 Å². The van der Waals surface area contributed by atoms with E-state index in [1.165, 1.54) is 12.1 Å². The van der Waals surface area contributed by atoms with Crippen LogP contribution in [0.4, 0.5) is 11.4 Å². The number of nitrogen functional groups attached to an aromatic ring is 1. The molecule has 0 aromatic heterocycles. The van der Waals surface area contributed by atoms with Gasteiger partial charge in [-0.25, -0.2) is 5.53 Å². The first kappa shape index (κ1) is 11.3. The molecule has 1 aromatic rings. The highest BCUT2D eigenvalue weighted by atomic mass is 16.1. The lowest BCUT2D eigenvalue weighted by molar-refractivity contribution is 0.112. The van der Waals surface area contributed by atoms with Gasteiger partial charge in [0.05, 0.1) is 5.69 Å². The van der Waals surface area contributed by atoms with Crippen molar-refractivity contribution in [3.05, 3.63) is 23.8 Å². The third-order valence-corrected chi connectivity index (χ3v) is 1.31. The molecule has 0 saturated heterocycles. The number of anilines is 1. The fraction of sp³-hybridized carbons (Fsp3) is 0.222. The van der Waals surface area contributed by atoms with E-state index in [1.807, 2.05) is 13.8 Å². The molecule has 13 heavy (non-hydrogen) atoms. The second kappa shape index (κ2) is 5.88. The molecule has 0 unspecified atom stereocenters. The maximum atomic E-state index is 10.2. The summed E-state index contributed by atoms with van der Waals surface area (Å²) in [6.45, 7) is 4.00. The van der Waals surface area contributed by atoms with Crippen LogP contribution in [-0.4, -0.2) is 6.29 Å². The van der Waals surface area contributed by atoms with Gasteiger partial charge in [0.1, 0.15) is 12.0 Å². The van der Waals surface area contributed by atoms with Crippen LogP contribution in [0.3, 0.4) is 0 Å². The summed E-state index contributed by atoms with van der Waals surface area (Å²) in [6, 6.07) is 4.59. The molecule has 0 spiro atoms. The molecule has 0 fully saturated rings. The van der Waals surface area contributed by atoms with E-state index >= 15 is 0 Å². The summed E-state index contributed by atoms with van der Waals surface area (Å²) >= 11 is 0. The van der Waals surface area contributed by atoms with Crippen molar-refractivity contribution in [2.75, 3.05) is 5.73 Å². The Kier molecular flexibility index (Phi) is 5.11. The Morgan fingerprint density at radius 2 is 2.08 bits per heavy atom. The molecule has 4 nitrogen and oxygen atoms in total. The number of hydrogen-bond acceptors (Lipinski definition) is 4. The fourth-order valence-electron chi connectivity index (χ4n) is 0.748. The maximum Gasteiger partial charge on any atom is 0.150 e. The molecule has 4 heteroatoms. The molecule has 0 atom stereocenters. The van der Waals surface area contributed by atoms with E-state index < -0.39 is 0 Å². The third-order valence-electron chi connectivity index (χ3n) is 1.31. The van der Waals surface area contributed by atoms with Crippen LogP contribution in [-0.2, 0) is 0 Å². The Balaban J connectivity index is 0.000000671. The highest BCUT2D eigenvalue weighted by Crippen LogP contribution is 2.21. The average Bonchev–Trinajstić information content (AvgIpc) is 2.20. The summed E-state index contributed by atoms with van der Waals surface area (Å²) in [6.07, 6.45) is 0.698. The molecule has 1 aromatic carbocycles. The Labute approximate surface area is 77.3 Å². The number of rotatable bonds is 2. The van der Waals surface area contributed by atoms with Crippen LogP contribution in [0.5, 0.6) is 0 Å². The van der Waals surface area contributed by atoms with Crippen LogP contribution < -0.4 is 5.73 Å². The molecule has 0 bridgehead atoms. The van der Waals surface area contributed by atoms with E-state index in [1.54, 1.807) is 6.07 Å². The van der Waals surface area contributed by atoms with Crippen LogP contribution in [0.25, 0.3) is 0 Å². The van der Waals surface area contributed by atoms with Crippen molar-refractivity contribution in [1.29, 1.82) is 5.53 Å². The number of hydrogen-bond donors (Lipinski definition) is 2. The van der Waals surface area contributed by atoms with Crippen LogP contribution in [0.1, 0.15) is 24.2 Å². The predicted octanol–water partition coefficient (Wildman–Crippen LogP) is 2.77. The van der Waals surface area contributed by atoms with Crippen molar-refractivity contribution >= 4 is 17.7 Å². The summed E-state index contributed by atoms with van der Waals surface area (Å²) in [5.41, 5.74) is 13.3. The molecule has 1 rings (SSSR count). The van der Waals surface area contributed by atoms with E-state index in [0.29, 0.717) is 23.2 Å². The molecular weight excluding hydrogens is 166 g/mol. The summed E-state index contributed by atoms with van der Waals surface area (Å²) in [5.74, 6) is 0. The molecule has 0 aliphatic carbocycles. The monoisotopic (exact) mass is 179 g/mol. The SMILES string of the molecule is CC.N=Nc1ccc(C=O)cc1N. The normalized spacial score (nSPS) is 8.15. The van der Waals surface area contributed by atoms with Gasteiger partial charge in [0.25, 0.3) is 0 Å². The van der Waals surface area contributed by atoms with Gasteiger partial charge >= 0.3 is 0 Å². The third kappa shape index (κ3) is 3.02. The fourth-order valence-corrected chi connectivity index (χ4v) is 0.748. The van der Waals surface area contributed by atoms with Gasteiger partial charge in [0.2, 0.25) is 0 Å². The van der Waals surface area contributed by atoms with Crippen LogP contribution >= 0.6 is 0 Å². The molecule has 0 aliphatic heterocycles. The van der Waals surface area contributed by atoms with Crippen molar-refractivity contribution in [3.63, 3.8) is 0 Å². The lowest BCUT2D eigenvalue weighted by Gasteiger charge is -1.97. The molecule has 0 amide bonds. The number of carbonyl (C=O) groups excluding carboxylic acids is 1. The topological polar surface area (TPSA) is 79.3 Å². The first-order valence-corrected chi connectivity index (χ1v) is 4.00. The molecule has 0 radical (unpaired) electrons. The summed E-state index contributed by atoms with van der Waals surface area (Å²) in [5, 5.41) is 3.15. The van der Waals surface area contributed by atoms with Gasteiger partial charge in [-0.1, -0.05) is 13.8 Å². The summed E-state index contributed by atoms with van der Waals surface area (Å²) < 4.78 is 0. The second-order valence-corrected chi connectivity index (χ2v) is 2.05. The van der Waals surface area contributed by atoms with Crippen molar-refractivity contribution < 1.29 is 4.79 Å². The smallest absolute Gasteiger partial charge is 0.150 e. The number of benzene rings is 1. The number of carbonyl (C=O) groups is 1. The van der Waals surface area contributed by atoms with Gasteiger partial charge in [0.15, 0.2) is 0 Å². The Bertz CT molecular complexity index is 297. The highest BCUT2D eigenvalue weighted by Gasteiger charge is 1.97. The van der Waals surface area contributed by atoms with Crippen molar-refractivity contribution in [2.45, 2.75) is 13.8 Å².